The predicted molar refractivity (Wildman–Crippen MR) is 98.7 cm³/mol. The summed E-state index contributed by atoms with van der Waals surface area (Å²) in [6, 6.07) is 9.34. The molecule has 0 fully saturated rings. The van der Waals surface area contributed by atoms with E-state index in [1.807, 2.05) is 0 Å². The molecule has 0 bridgehead atoms. The highest BCUT2D eigenvalue weighted by atomic mass is 31.0. The number of hydrogen-bond donors (Lipinski definition) is 2. The number of hydrogen-bond acceptors (Lipinski definition) is 6. The van der Waals surface area contributed by atoms with Crippen molar-refractivity contribution in [1.82, 2.24) is 15.5 Å². The first-order valence-corrected chi connectivity index (χ1v) is 8.80. The van der Waals surface area contributed by atoms with Crippen molar-refractivity contribution in [2.24, 2.45) is 0 Å². The Morgan fingerprint density at radius 3 is 2.41 bits per heavy atom. The summed E-state index contributed by atoms with van der Waals surface area (Å²) < 4.78 is 48.5. The van der Waals surface area contributed by atoms with Gasteiger partial charge in [0.25, 0.3) is 5.91 Å². The molecule has 3 rings (SSSR count). The van der Waals surface area contributed by atoms with Crippen LogP contribution < -0.4 is 10.1 Å². The molecule has 1 aromatic heterocycles. The second-order valence-electron chi connectivity index (χ2n) is 5.85. The highest BCUT2D eigenvalue weighted by Gasteiger charge is 2.24. The van der Waals surface area contributed by atoms with Crippen molar-refractivity contribution >= 4 is 15.1 Å². The van der Waals surface area contributed by atoms with Crippen molar-refractivity contribution in [2.45, 2.75) is 11.9 Å². The number of rotatable bonds is 7. The van der Waals surface area contributed by atoms with Crippen LogP contribution in [0.4, 0.5) is 13.2 Å². The SMILES string of the molecule is O=C(NC(CO)c1nnc(-c2ccc(OC(F)(F)P)cc2)o1)c1ccc(F)cc1. The number of nitrogens with one attached hydrogen (secondary N) is 1. The van der Waals surface area contributed by atoms with E-state index in [1.165, 1.54) is 45.6 Å². The summed E-state index contributed by atoms with van der Waals surface area (Å²) in [6.07, 6.45) is 0. The van der Waals surface area contributed by atoms with Crippen LogP contribution in [0, 0.1) is 5.82 Å². The smallest absolute Gasteiger partial charge is 0.408 e. The van der Waals surface area contributed by atoms with Crippen molar-refractivity contribution in [1.29, 1.82) is 0 Å². The van der Waals surface area contributed by atoms with Crippen molar-refractivity contribution in [3.05, 3.63) is 65.8 Å². The molecule has 7 nitrogen and oxygen atoms in total. The maximum Gasteiger partial charge on any atom is 0.408 e. The molecule has 0 saturated carbocycles. The van der Waals surface area contributed by atoms with Gasteiger partial charge in [-0.05, 0) is 57.8 Å². The molecule has 0 saturated heterocycles. The number of halogens is 3. The van der Waals surface area contributed by atoms with Crippen molar-refractivity contribution in [3.8, 4) is 17.2 Å². The van der Waals surface area contributed by atoms with Crippen LogP contribution in [-0.4, -0.2) is 33.7 Å². The van der Waals surface area contributed by atoms with Crippen molar-refractivity contribution in [3.63, 3.8) is 0 Å². The molecule has 0 radical (unpaired) electrons. The molecular formula is C18H15F3N3O4P. The number of aliphatic hydroxyl groups excluding tert-OH is 1. The second-order valence-corrected chi connectivity index (χ2v) is 6.52. The number of carbonyl (C=O) groups is 1. The summed E-state index contributed by atoms with van der Waals surface area (Å²) in [5, 5.41) is 19.7. The Morgan fingerprint density at radius 1 is 1.17 bits per heavy atom. The van der Waals surface area contributed by atoms with Crippen molar-refractivity contribution < 1.29 is 32.2 Å². The molecule has 0 spiro atoms. The van der Waals surface area contributed by atoms with Gasteiger partial charge in [0.05, 0.1) is 6.61 Å². The summed E-state index contributed by atoms with van der Waals surface area (Å²) in [4.78, 5) is 12.2. The van der Waals surface area contributed by atoms with Gasteiger partial charge in [0, 0.05) is 11.1 Å². The number of nitrogens with zero attached hydrogens (tertiary/aromatic N) is 2. The van der Waals surface area contributed by atoms with Gasteiger partial charge in [0.1, 0.15) is 17.6 Å². The number of aliphatic hydroxyl groups is 1. The zero-order valence-corrected chi connectivity index (χ0v) is 15.8. The molecular weight excluding hydrogens is 410 g/mol. The second kappa shape index (κ2) is 8.59. The van der Waals surface area contributed by atoms with Gasteiger partial charge >= 0.3 is 5.85 Å². The van der Waals surface area contributed by atoms with Gasteiger partial charge in [0.2, 0.25) is 11.8 Å². The minimum Gasteiger partial charge on any atom is -0.430 e. The van der Waals surface area contributed by atoms with E-state index < -0.39 is 30.2 Å². The lowest BCUT2D eigenvalue weighted by atomic mass is 10.2. The Kier molecular flexibility index (Phi) is 6.14. The quantitative estimate of drug-likeness (QED) is 0.565. The third-order valence-electron chi connectivity index (χ3n) is 3.69. The van der Waals surface area contributed by atoms with Crippen LogP contribution in [-0.2, 0) is 0 Å². The van der Waals surface area contributed by atoms with Gasteiger partial charge in [-0.15, -0.1) is 10.2 Å². The fourth-order valence-electron chi connectivity index (χ4n) is 2.34. The number of aromatic nitrogens is 2. The van der Waals surface area contributed by atoms with Gasteiger partial charge in [-0.1, -0.05) is 0 Å². The van der Waals surface area contributed by atoms with Crippen LogP contribution >= 0.6 is 9.24 Å². The van der Waals surface area contributed by atoms with Crippen LogP contribution in [0.5, 0.6) is 5.75 Å². The lowest BCUT2D eigenvalue weighted by Crippen LogP contribution is -2.31. The molecule has 152 valence electrons. The van der Waals surface area contributed by atoms with E-state index in [0.717, 1.165) is 12.1 Å². The molecule has 3 aromatic rings. The Morgan fingerprint density at radius 2 is 1.83 bits per heavy atom. The van der Waals surface area contributed by atoms with Crippen LogP contribution in [0.3, 0.4) is 0 Å². The molecule has 1 amide bonds. The summed E-state index contributed by atoms with van der Waals surface area (Å²) in [5.74, 6) is -4.51. The maximum atomic E-state index is 13.0. The lowest BCUT2D eigenvalue weighted by Gasteiger charge is -2.13. The van der Waals surface area contributed by atoms with E-state index in [0.29, 0.717) is 5.56 Å². The molecule has 0 aliphatic rings. The van der Waals surface area contributed by atoms with Crippen molar-refractivity contribution in [2.75, 3.05) is 6.61 Å². The monoisotopic (exact) mass is 425 g/mol. The van der Waals surface area contributed by atoms with Crippen LogP contribution in [0.2, 0.25) is 0 Å². The summed E-state index contributed by atoms with van der Waals surface area (Å²) in [5.41, 5.74) is 0.607. The predicted octanol–water partition coefficient (Wildman–Crippen LogP) is 3.14. The maximum absolute atomic E-state index is 13.0. The van der Waals surface area contributed by atoms with Gasteiger partial charge in [0.15, 0.2) is 0 Å². The Bertz CT molecular complexity index is 975. The summed E-state index contributed by atoms with van der Waals surface area (Å²) >= 11 is 0. The fraction of sp³-hybridized carbons (Fsp3) is 0.167. The molecule has 0 aliphatic heterocycles. The molecule has 2 aromatic carbocycles. The van der Waals surface area contributed by atoms with Gasteiger partial charge in [-0.25, -0.2) is 4.39 Å². The normalized spacial score (nSPS) is 12.4. The topological polar surface area (TPSA) is 97.5 Å². The molecule has 11 heteroatoms. The Labute approximate surface area is 165 Å². The summed E-state index contributed by atoms with van der Waals surface area (Å²) in [6.45, 7) is -0.523. The van der Waals surface area contributed by atoms with E-state index in [4.69, 9.17) is 4.42 Å². The molecule has 29 heavy (non-hydrogen) atoms. The number of carbonyl (C=O) groups excluding carboxylic acids is 1. The first-order valence-electron chi connectivity index (χ1n) is 8.22. The number of amides is 1. The minimum absolute atomic E-state index is 0.0543. The fourth-order valence-corrected chi connectivity index (χ4v) is 2.48. The highest BCUT2D eigenvalue weighted by Crippen LogP contribution is 2.29. The molecule has 2 atom stereocenters. The number of ether oxygens (including phenoxy) is 1. The van der Waals surface area contributed by atoms with Crippen LogP contribution in [0.1, 0.15) is 22.3 Å². The van der Waals surface area contributed by atoms with Crippen LogP contribution in [0.15, 0.2) is 52.9 Å². The number of benzene rings is 2. The number of alkyl halides is 2. The highest BCUT2D eigenvalue weighted by molar-refractivity contribution is 7.17. The average molecular weight is 425 g/mol. The van der Waals surface area contributed by atoms with Gasteiger partial charge in [-0.3, -0.25) is 4.79 Å². The first-order chi connectivity index (χ1) is 13.7. The van der Waals surface area contributed by atoms with E-state index >= 15 is 0 Å². The standard InChI is InChI=1S/C18H15F3N3O4P/c19-12-5-1-10(2-6-12)15(26)22-14(9-25)17-24-23-16(27-17)11-3-7-13(8-4-11)28-18(20,21)29/h1-8,14,25H,9,29H2,(H,22,26). The first kappa shape index (κ1) is 20.8. The molecule has 1 heterocycles. The van der Waals surface area contributed by atoms with Gasteiger partial charge < -0.3 is 19.6 Å². The largest absolute Gasteiger partial charge is 0.430 e. The van der Waals surface area contributed by atoms with E-state index in [-0.39, 0.29) is 23.1 Å². The van der Waals surface area contributed by atoms with E-state index in [9.17, 15) is 23.1 Å². The van der Waals surface area contributed by atoms with Crippen LogP contribution in [0.25, 0.3) is 11.5 Å². The Balaban J connectivity index is 1.71. The van der Waals surface area contributed by atoms with E-state index in [2.05, 4.69) is 20.3 Å². The molecule has 0 aliphatic carbocycles. The average Bonchev–Trinajstić information content (AvgIpc) is 3.15. The van der Waals surface area contributed by atoms with Gasteiger partial charge in [-0.2, -0.15) is 8.78 Å². The molecule has 2 N–H and O–H groups in total. The third kappa shape index (κ3) is 5.52. The zero-order chi connectivity index (χ0) is 21.0. The summed E-state index contributed by atoms with van der Waals surface area (Å²) in [7, 11) is 1.27. The lowest BCUT2D eigenvalue weighted by molar-refractivity contribution is -0.0892. The third-order valence-corrected chi connectivity index (χ3v) is 3.81. The zero-order valence-electron chi connectivity index (χ0n) is 14.7. The minimum atomic E-state index is -3.39. The molecule has 2 unspecified atom stereocenters. The Hall–Kier alpha value is -2.97. The van der Waals surface area contributed by atoms with E-state index in [1.54, 1.807) is 0 Å².